The number of alkyl halides is 6. The molecule has 12 heteroatoms. The molecule has 0 saturated heterocycles. The molecule has 144 valence electrons. The molecule has 0 aromatic carbocycles. The molecule has 1 aromatic rings. The van der Waals surface area contributed by atoms with Gasteiger partial charge in [0.05, 0.1) is 6.42 Å². The molecule has 0 aliphatic carbocycles. The fourth-order valence-corrected chi connectivity index (χ4v) is 1.49. The Morgan fingerprint density at radius 3 is 2.28 bits per heavy atom. The fourth-order valence-electron chi connectivity index (χ4n) is 1.49. The zero-order valence-electron chi connectivity index (χ0n) is 13.0. The molecule has 0 unspecified atom stereocenters. The summed E-state index contributed by atoms with van der Waals surface area (Å²) >= 11 is 0. The molecule has 25 heavy (non-hydrogen) atoms. The third-order valence-electron chi connectivity index (χ3n) is 2.57. The van der Waals surface area contributed by atoms with Crippen molar-refractivity contribution < 1.29 is 31.1 Å². The number of nitrogens with zero attached hydrogens (tertiary/aromatic N) is 2. The zero-order valence-corrected chi connectivity index (χ0v) is 15.4. The van der Waals surface area contributed by atoms with Gasteiger partial charge in [0.25, 0.3) is 0 Å². The maximum absolute atomic E-state index is 12.0. The van der Waals surface area contributed by atoms with Gasteiger partial charge in [-0.3, -0.25) is 4.99 Å². The largest absolute Gasteiger partial charge is 0.468 e. The van der Waals surface area contributed by atoms with Gasteiger partial charge in [-0.25, -0.2) is 4.98 Å². The first kappa shape index (κ1) is 23.5. The van der Waals surface area contributed by atoms with Crippen molar-refractivity contribution in [3.8, 4) is 5.88 Å². The molecule has 0 atom stereocenters. The van der Waals surface area contributed by atoms with Crippen molar-refractivity contribution in [1.29, 1.82) is 0 Å². The van der Waals surface area contributed by atoms with Gasteiger partial charge < -0.3 is 15.4 Å². The highest BCUT2D eigenvalue weighted by atomic mass is 127. The summed E-state index contributed by atoms with van der Waals surface area (Å²) in [5.74, 6) is -0.0135. The summed E-state index contributed by atoms with van der Waals surface area (Å²) in [6, 6.07) is 2.75. The average Bonchev–Trinajstić information content (AvgIpc) is 2.48. The molecule has 1 aromatic heterocycles. The summed E-state index contributed by atoms with van der Waals surface area (Å²) in [6.45, 7) is -1.59. The van der Waals surface area contributed by atoms with Crippen LogP contribution in [0.5, 0.6) is 5.88 Å². The van der Waals surface area contributed by atoms with Crippen LogP contribution >= 0.6 is 24.0 Å². The SMILES string of the molecule is CN=C(NCCC(F)(F)F)NCc1ccc(OCC(F)(F)F)nc1.I. The summed E-state index contributed by atoms with van der Waals surface area (Å²) in [5.41, 5.74) is 0.591. The third-order valence-corrected chi connectivity index (χ3v) is 2.57. The van der Waals surface area contributed by atoms with Crippen molar-refractivity contribution in [3.63, 3.8) is 0 Å². The average molecular weight is 486 g/mol. The Labute approximate surface area is 157 Å². The maximum atomic E-state index is 12.0. The second kappa shape index (κ2) is 10.5. The molecular weight excluding hydrogens is 469 g/mol. The first-order chi connectivity index (χ1) is 11.1. The van der Waals surface area contributed by atoms with E-state index in [0.717, 1.165) is 0 Å². The Bertz CT molecular complexity index is 533. The topological polar surface area (TPSA) is 58.5 Å². The van der Waals surface area contributed by atoms with Crippen LogP contribution in [0.1, 0.15) is 12.0 Å². The van der Waals surface area contributed by atoms with E-state index in [4.69, 9.17) is 0 Å². The van der Waals surface area contributed by atoms with E-state index in [1.807, 2.05) is 0 Å². The smallest absolute Gasteiger partial charge is 0.422 e. The minimum atomic E-state index is -4.45. The van der Waals surface area contributed by atoms with Gasteiger partial charge in [0.1, 0.15) is 0 Å². The summed E-state index contributed by atoms with van der Waals surface area (Å²) in [5, 5.41) is 5.25. The van der Waals surface area contributed by atoms with Crippen LogP contribution < -0.4 is 15.4 Å². The number of halogens is 7. The quantitative estimate of drug-likeness (QED) is 0.281. The Balaban J connectivity index is 0.00000576. The van der Waals surface area contributed by atoms with Gasteiger partial charge in [-0.15, -0.1) is 24.0 Å². The Morgan fingerprint density at radius 1 is 1.12 bits per heavy atom. The second-order valence-corrected chi connectivity index (χ2v) is 4.63. The highest BCUT2D eigenvalue weighted by Crippen LogP contribution is 2.18. The lowest BCUT2D eigenvalue weighted by Gasteiger charge is -2.13. The number of pyridine rings is 1. The van der Waals surface area contributed by atoms with Crippen molar-refractivity contribution in [2.45, 2.75) is 25.3 Å². The minimum Gasteiger partial charge on any atom is -0.468 e. The summed E-state index contributed by atoms with van der Waals surface area (Å²) in [4.78, 5) is 7.46. The van der Waals surface area contributed by atoms with E-state index >= 15 is 0 Å². The number of ether oxygens (including phenoxy) is 1. The van der Waals surface area contributed by atoms with Gasteiger partial charge in [-0.2, -0.15) is 26.3 Å². The van der Waals surface area contributed by atoms with E-state index in [9.17, 15) is 26.3 Å². The molecule has 0 amide bonds. The van der Waals surface area contributed by atoms with E-state index < -0.39 is 25.4 Å². The van der Waals surface area contributed by atoms with E-state index in [1.54, 1.807) is 0 Å². The lowest BCUT2D eigenvalue weighted by molar-refractivity contribution is -0.154. The predicted molar refractivity (Wildman–Crippen MR) is 90.1 cm³/mol. The number of guanidine groups is 1. The van der Waals surface area contributed by atoms with Gasteiger partial charge in [-0.05, 0) is 5.56 Å². The number of aromatic nitrogens is 1. The first-order valence-electron chi connectivity index (χ1n) is 6.75. The van der Waals surface area contributed by atoms with E-state index in [-0.39, 0.29) is 48.9 Å². The summed E-state index contributed by atoms with van der Waals surface area (Å²) in [7, 11) is 1.40. The van der Waals surface area contributed by atoms with Crippen molar-refractivity contribution in [1.82, 2.24) is 15.6 Å². The van der Waals surface area contributed by atoms with Crippen LogP contribution in [-0.2, 0) is 6.54 Å². The van der Waals surface area contributed by atoms with Crippen LogP contribution in [0.2, 0.25) is 0 Å². The van der Waals surface area contributed by atoms with E-state index in [2.05, 4.69) is 25.3 Å². The molecule has 0 aliphatic heterocycles. The normalized spacial score (nSPS) is 12.4. The first-order valence-corrected chi connectivity index (χ1v) is 6.75. The number of nitrogens with one attached hydrogen (secondary N) is 2. The number of rotatable bonds is 6. The van der Waals surface area contributed by atoms with Crippen molar-refractivity contribution in [3.05, 3.63) is 23.9 Å². The molecule has 0 bridgehead atoms. The van der Waals surface area contributed by atoms with Gasteiger partial charge in [0, 0.05) is 32.4 Å². The molecule has 1 heterocycles. The third kappa shape index (κ3) is 11.7. The van der Waals surface area contributed by atoms with Crippen molar-refractivity contribution >= 4 is 29.9 Å². The molecule has 0 aliphatic rings. The van der Waals surface area contributed by atoms with Gasteiger partial charge in [0.15, 0.2) is 12.6 Å². The van der Waals surface area contributed by atoms with Crippen LogP contribution in [0.3, 0.4) is 0 Å². The summed E-state index contributed by atoms with van der Waals surface area (Å²) < 4.78 is 76.6. The molecule has 0 fully saturated rings. The highest BCUT2D eigenvalue weighted by Gasteiger charge is 2.28. The van der Waals surface area contributed by atoms with Crippen LogP contribution in [-0.4, -0.2) is 43.5 Å². The van der Waals surface area contributed by atoms with E-state index in [0.29, 0.717) is 5.56 Å². The highest BCUT2D eigenvalue weighted by molar-refractivity contribution is 14.0. The molecule has 1 rings (SSSR count). The van der Waals surface area contributed by atoms with Gasteiger partial charge >= 0.3 is 12.4 Å². The molecule has 5 nitrogen and oxygen atoms in total. The zero-order chi connectivity index (χ0) is 18.2. The van der Waals surface area contributed by atoms with Gasteiger partial charge in [0.2, 0.25) is 5.88 Å². The maximum Gasteiger partial charge on any atom is 0.422 e. The molecule has 2 N–H and O–H groups in total. The Hall–Kier alpha value is -1.47. The van der Waals surface area contributed by atoms with Crippen molar-refractivity contribution in [2.24, 2.45) is 4.99 Å². The number of hydrogen-bond donors (Lipinski definition) is 2. The van der Waals surface area contributed by atoms with Crippen LogP contribution in [0.4, 0.5) is 26.3 Å². The Kier molecular flexibility index (Phi) is 9.89. The molecule has 0 radical (unpaired) electrons. The van der Waals surface area contributed by atoms with Crippen LogP contribution in [0.25, 0.3) is 0 Å². The predicted octanol–water partition coefficient (Wildman–Crippen LogP) is 3.26. The monoisotopic (exact) mass is 486 g/mol. The lowest BCUT2D eigenvalue weighted by Crippen LogP contribution is -2.38. The number of aliphatic imine (C=N–C) groups is 1. The Morgan fingerprint density at radius 2 is 1.80 bits per heavy atom. The lowest BCUT2D eigenvalue weighted by atomic mass is 10.3. The second-order valence-electron chi connectivity index (χ2n) is 4.63. The minimum absolute atomic E-state index is 0. The van der Waals surface area contributed by atoms with E-state index in [1.165, 1.54) is 25.4 Å². The van der Waals surface area contributed by atoms with Crippen LogP contribution in [0, 0.1) is 0 Å². The molecular formula is C13H17F6IN4O. The van der Waals surface area contributed by atoms with Crippen molar-refractivity contribution in [2.75, 3.05) is 20.2 Å². The van der Waals surface area contributed by atoms with Gasteiger partial charge in [-0.1, -0.05) is 6.07 Å². The summed E-state index contributed by atoms with van der Waals surface area (Å²) in [6.07, 6.45) is -8.42. The standard InChI is InChI=1S/C13H16F6N4O.HI/c1-20-11(21-5-4-12(14,15)16)23-7-9-2-3-10(22-6-9)24-8-13(17,18)19;/h2-3,6H,4-5,7-8H2,1H3,(H2,20,21,23);1H. The van der Waals surface area contributed by atoms with Crippen LogP contribution in [0.15, 0.2) is 23.3 Å². The molecule has 0 saturated carbocycles. The molecule has 0 spiro atoms. The fraction of sp³-hybridized carbons (Fsp3) is 0.538. The number of hydrogen-bond acceptors (Lipinski definition) is 3.